The van der Waals surface area contributed by atoms with E-state index in [0.29, 0.717) is 12.1 Å². The van der Waals surface area contributed by atoms with Gasteiger partial charge in [0.05, 0.1) is 18.1 Å². The third-order valence-corrected chi connectivity index (χ3v) is 2.92. The summed E-state index contributed by atoms with van der Waals surface area (Å²) in [7, 11) is 3.80. The highest BCUT2D eigenvalue weighted by atomic mass is 16.5. The molecule has 0 radical (unpaired) electrons. The van der Waals surface area contributed by atoms with E-state index >= 15 is 0 Å². The van der Waals surface area contributed by atoms with Crippen molar-refractivity contribution in [1.82, 2.24) is 14.9 Å². The molecule has 1 aromatic rings. The number of imidazole rings is 1. The summed E-state index contributed by atoms with van der Waals surface area (Å²) < 4.78 is 7.26. The Labute approximate surface area is 84.3 Å². The lowest BCUT2D eigenvalue weighted by Gasteiger charge is -2.34. The zero-order valence-corrected chi connectivity index (χ0v) is 8.73. The molecule has 0 aromatic carbocycles. The van der Waals surface area contributed by atoms with Crippen molar-refractivity contribution in [3.8, 4) is 0 Å². The molecule has 0 unspecified atom stereocenters. The number of nitrogens with one attached hydrogen (secondary N) is 1. The van der Waals surface area contributed by atoms with Gasteiger partial charge < -0.3 is 14.6 Å². The Balaban J connectivity index is 1.72. The lowest BCUT2D eigenvalue weighted by molar-refractivity contribution is 0.0168. The Bertz CT molecular complexity index is 291. The van der Waals surface area contributed by atoms with E-state index in [0.717, 1.165) is 19.4 Å². The zero-order chi connectivity index (χ0) is 9.97. The molecule has 78 valence electrons. The highest BCUT2D eigenvalue weighted by molar-refractivity contribution is 4.98. The van der Waals surface area contributed by atoms with E-state index < -0.39 is 0 Å². The molecular weight excluding hydrogens is 178 g/mol. The molecule has 0 bridgehead atoms. The minimum atomic E-state index is 0.471. The molecule has 1 N–H and O–H groups in total. The molecule has 1 fully saturated rings. The van der Waals surface area contributed by atoms with Crippen molar-refractivity contribution in [2.24, 2.45) is 7.05 Å². The highest BCUT2D eigenvalue weighted by Crippen LogP contribution is 2.22. The molecular formula is C10H17N3O. The van der Waals surface area contributed by atoms with Crippen LogP contribution in [-0.4, -0.2) is 28.8 Å². The Morgan fingerprint density at radius 3 is 3.00 bits per heavy atom. The van der Waals surface area contributed by atoms with Crippen molar-refractivity contribution < 1.29 is 4.74 Å². The first-order chi connectivity index (χ1) is 6.79. The monoisotopic (exact) mass is 195 g/mol. The first-order valence-electron chi connectivity index (χ1n) is 5.01. The first-order valence-corrected chi connectivity index (χ1v) is 5.01. The number of nitrogens with zero attached hydrogens (tertiary/aromatic N) is 2. The van der Waals surface area contributed by atoms with Crippen molar-refractivity contribution in [2.75, 3.05) is 7.11 Å². The summed E-state index contributed by atoms with van der Waals surface area (Å²) in [6, 6.07) is 0.620. The molecule has 2 rings (SSSR count). The summed E-state index contributed by atoms with van der Waals surface area (Å²) in [6.45, 7) is 0.900. The van der Waals surface area contributed by atoms with Gasteiger partial charge in [0.2, 0.25) is 0 Å². The smallest absolute Gasteiger partial charge is 0.0945 e. The fraction of sp³-hybridized carbons (Fsp3) is 0.700. The minimum absolute atomic E-state index is 0.471. The van der Waals surface area contributed by atoms with Crippen LogP contribution in [0.25, 0.3) is 0 Å². The van der Waals surface area contributed by atoms with Gasteiger partial charge in [0.25, 0.3) is 0 Å². The van der Waals surface area contributed by atoms with E-state index in [1.54, 1.807) is 7.11 Å². The van der Waals surface area contributed by atoms with E-state index in [4.69, 9.17) is 4.74 Å². The average Bonchev–Trinajstić information content (AvgIpc) is 2.49. The molecule has 1 aliphatic rings. The maximum Gasteiger partial charge on any atom is 0.0945 e. The van der Waals surface area contributed by atoms with Gasteiger partial charge in [-0.05, 0) is 12.8 Å². The predicted octanol–water partition coefficient (Wildman–Crippen LogP) is 0.687. The standard InChI is InChI=1S/C10H17N3O/c1-13-7-11-5-9(13)6-12-8-3-10(4-8)14-2/h5,7-8,10,12H,3-4,6H2,1-2H3. The van der Waals surface area contributed by atoms with Gasteiger partial charge >= 0.3 is 0 Å². The molecule has 14 heavy (non-hydrogen) atoms. The largest absolute Gasteiger partial charge is 0.381 e. The maximum atomic E-state index is 5.22. The molecule has 1 aromatic heterocycles. The van der Waals surface area contributed by atoms with Gasteiger partial charge in [-0.1, -0.05) is 0 Å². The second-order valence-electron chi connectivity index (χ2n) is 3.90. The van der Waals surface area contributed by atoms with Crippen molar-refractivity contribution in [2.45, 2.75) is 31.5 Å². The van der Waals surface area contributed by atoms with Crippen LogP contribution >= 0.6 is 0 Å². The van der Waals surface area contributed by atoms with Gasteiger partial charge in [-0.2, -0.15) is 0 Å². The van der Waals surface area contributed by atoms with Gasteiger partial charge in [-0.25, -0.2) is 4.98 Å². The third-order valence-electron chi connectivity index (χ3n) is 2.92. The third kappa shape index (κ3) is 1.96. The van der Waals surface area contributed by atoms with Crippen LogP contribution in [0.2, 0.25) is 0 Å². The zero-order valence-electron chi connectivity index (χ0n) is 8.73. The van der Waals surface area contributed by atoms with Crippen molar-refractivity contribution >= 4 is 0 Å². The molecule has 4 nitrogen and oxygen atoms in total. The molecule has 4 heteroatoms. The average molecular weight is 195 g/mol. The molecule has 1 heterocycles. The van der Waals surface area contributed by atoms with Crippen molar-refractivity contribution in [3.63, 3.8) is 0 Å². The number of aryl methyl sites for hydroxylation is 1. The van der Waals surface area contributed by atoms with Crippen LogP contribution < -0.4 is 5.32 Å². The van der Waals surface area contributed by atoms with Crippen LogP contribution in [-0.2, 0) is 18.3 Å². The highest BCUT2D eigenvalue weighted by Gasteiger charge is 2.28. The predicted molar refractivity (Wildman–Crippen MR) is 53.9 cm³/mol. The SMILES string of the molecule is COC1CC(NCc2cncn2C)C1. The quantitative estimate of drug-likeness (QED) is 0.768. The van der Waals surface area contributed by atoms with Crippen LogP contribution in [0, 0.1) is 0 Å². The van der Waals surface area contributed by atoms with Gasteiger partial charge in [0.15, 0.2) is 0 Å². The van der Waals surface area contributed by atoms with E-state index in [9.17, 15) is 0 Å². The summed E-state index contributed by atoms with van der Waals surface area (Å²) in [5, 5.41) is 3.49. The number of hydrogen-bond donors (Lipinski definition) is 1. The van der Waals surface area contributed by atoms with Crippen LogP contribution in [0.5, 0.6) is 0 Å². The first kappa shape index (κ1) is 9.68. The summed E-state index contributed by atoms with van der Waals surface area (Å²) in [5.41, 5.74) is 1.23. The Hall–Kier alpha value is -0.870. The van der Waals surface area contributed by atoms with E-state index in [1.807, 2.05) is 24.1 Å². The number of ether oxygens (including phenoxy) is 1. The molecule has 0 atom stereocenters. The van der Waals surface area contributed by atoms with E-state index in [-0.39, 0.29) is 0 Å². The lowest BCUT2D eigenvalue weighted by Crippen LogP contribution is -2.44. The Morgan fingerprint density at radius 2 is 2.43 bits per heavy atom. The van der Waals surface area contributed by atoms with Crippen molar-refractivity contribution in [1.29, 1.82) is 0 Å². The minimum Gasteiger partial charge on any atom is -0.381 e. The van der Waals surface area contributed by atoms with Gasteiger partial charge in [-0.15, -0.1) is 0 Å². The molecule has 0 spiro atoms. The second-order valence-corrected chi connectivity index (χ2v) is 3.90. The number of methoxy groups -OCH3 is 1. The summed E-state index contributed by atoms with van der Waals surface area (Å²) in [5.74, 6) is 0. The van der Waals surface area contributed by atoms with E-state index in [1.165, 1.54) is 5.69 Å². The number of rotatable bonds is 4. The Morgan fingerprint density at radius 1 is 1.64 bits per heavy atom. The normalized spacial score (nSPS) is 26.1. The number of hydrogen-bond acceptors (Lipinski definition) is 3. The van der Waals surface area contributed by atoms with Crippen LogP contribution in [0.1, 0.15) is 18.5 Å². The van der Waals surface area contributed by atoms with Crippen LogP contribution in [0.15, 0.2) is 12.5 Å². The van der Waals surface area contributed by atoms with Crippen LogP contribution in [0.4, 0.5) is 0 Å². The fourth-order valence-electron chi connectivity index (χ4n) is 1.73. The van der Waals surface area contributed by atoms with Gasteiger partial charge in [-0.3, -0.25) is 0 Å². The van der Waals surface area contributed by atoms with Crippen LogP contribution in [0.3, 0.4) is 0 Å². The van der Waals surface area contributed by atoms with Gasteiger partial charge in [0.1, 0.15) is 0 Å². The van der Waals surface area contributed by atoms with Crippen molar-refractivity contribution in [3.05, 3.63) is 18.2 Å². The fourth-order valence-corrected chi connectivity index (χ4v) is 1.73. The lowest BCUT2D eigenvalue weighted by atomic mass is 9.89. The second kappa shape index (κ2) is 4.11. The van der Waals surface area contributed by atoms with E-state index in [2.05, 4.69) is 10.3 Å². The topological polar surface area (TPSA) is 39.1 Å². The molecule has 1 saturated carbocycles. The molecule has 0 saturated heterocycles. The maximum absolute atomic E-state index is 5.22. The summed E-state index contributed by atoms with van der Waals surface area (Å²) in [4.78, 5) is 4.07. The van der Waals surface area contributed by atoms with Gasteiger partial charge in [0, 0.05) is 32.9 Å². The summed E-state index contributed by atoms with van der Waals surface area (Å²) >= 11 is 0. The molecule has 0 aliphatic heterocycles. The summed E-state index contributed by atoms with van der Waals surface area (Å²) in [6.07, 6.45) is 6.47. The Kier molecular flexibility index (Phi) is 2.84. The molecule has 0 amide bonds. The number of aromatic nitrogens is 2. The molecule has 1 aliphatic carbocycles.